The molecule has 1 aliphatic rings. The molecular weight excluding hydrogens is 230 g/mol. The number of ether oxygens (including phenoxy) is 1. The van der Waals surface area contributed by atoms with Gasteiger partial charge in [0.2, 0.25) is 0 Å². The van der Waals surface area contributed by atoms with Crippen molar-refractivity contribution in [1.82, 2.24) is 5.32 Å². The Kier molecular flexibility index (Phi) is 4.89. The van der Waals surface area contributed by atoms with Crippen LogP contribution in [-0.2, 0) is 11.3 Å². The van der Waals surface area contributed by atoms with Gasteiger partial charge in [-0.25, -0.2) is 0 Å². The van der Waals surface area contributed by atoms with Crippen molar-refractivity contribution in [3.8, 4) is 0 Å². The first kappa shape index (κ1) is 12.9. The van der Waals surface area contributed by atoms with E-state index < -0.39 is 0 Å². The van der Waals surface area contributed by atoms with Crippen LogP contribution in [0.3, 0.4) is 0 Å². The molecule has 1 atom stereocenters. The van der Waals surface area contributed by atoms with Crippen LogP contribution in [0.2, 0.25) is 0 Å². The van der Waals surface area contributed by atoms with Gasteiger partial charge in [0.15, 0.2) is 0 Å². The second kappa shape index (κ2) is 6.43. The lowest BCUT2D eigenvalue weighted by Gasteiger charge is -2.11. The molecule has 1 aromatic carbocycles. The van der Waals surface area contributed by atoms with Crippen LogP contribution in [0.1, 0.15) is 24.0 Å². The third-order valence-electron chi connectivity index (χ3n) is 3.07. The highest BCUT2D eigenvalue weighted by molar-refractivity contribution is 7.99. The third kappa shape index (κ3) is 3.73. The van der Waals surface area contributed by atoms with Crippen LogP contribution in [0.15, 0.2) is 23.1 Å². The van der Waals surface area contributed by atoms with Gasteiger partial charge in [-0.1, -0.05) is 12.1 Å². The van der Waals surface area contributed by atoms with Crippen molar-refractivity contribution >= 4 is 11.8 Å². The molecule has 1 unspecified atom stereocenters. The summed E-state index contributed by atoms with van der Waals surface area (Å²) in [5, 5.41) is 3.18. The molecular formula is C14H21NOS. The Morgan fingerprint density at radius 3 is 3.00 bits per heavy atom. The van der Waals surface area contributed by atoms with Gasteiger partial charge in [-0.2, -0.15) is 0 Å². The van der Waals surface area contributed by atoms with E-state index in [0.29, 0.717) is 6.10 Å². The first-order valence-electron chi connectivity index (χ1n) is 6.28. The van der Waals surface area contributed by atoms with Crippen LogP contribution in [0, 0.1) is 6.92 Å². The fourth-order valence-corrected chi connectivity index (χ4v) is 3.23. The molecule has 0 spiro atoms. The van der Waals surface area contributed by atoms with Gasteiger partial charge in [0.25, 0.3) is 0 Å². The smallest absolute Gasteiger partial charge is 0.0669 e. The van der Waals surface area contributed by atoms with Crippen molar-refractivity contribution in [3.63, 3.8) is 0 Å². The van der Waals surface area contributed by atoms with Crippen LogP contribution in [0.5, 0.6) is 0 Å². The number of rotatable bonds is 5. The normalized spacial score (nSPS) is 19.8. The van der Waals surface area contributed by atoms with Crippen LogP contribution in [-0.4, -0.2) is 25.5 Å². The maximum Gasteiger partial charge on any atom is 0.0669 e. The van der Waals surface area contributed by atoms with E-state index in [1.54, 1.807) is 0 Å². The molecule has 1 aliphatic heterocycles. The van der Waals surface area contributed by atoms with Gasteiger partial charge < -0.3 is 10.1 Å². The van der Waals surface area contributed by atoms with Crippen LogP contribution in [0.4, 0.5) is 0 Å². The Bertz CT molecular complexity index is 361. The topological polar surface area (TPSA) is 21.3 Å². The Labute approximate surface area is 108 Å². The standard InChI is InChI=1S/C14H21NOS/c1-11-8-12(9-15-2)5-6-14(11)17-10-13-4-3-7-16-13/h5-6,8,13,15H,3-4,7,9-10H2,1-2H3. The minimum atomic E-state index is 0.469. The molecule has 2 rings (SSSR count). The molecule has 0 aliphatic carbocycles. The number of aryl methyl sites for hydroxylation is 1. The minimum Gasteiger partial charge on any atom is -0.377 e. The van der Waals surface area contributed by atoms with Gasteiger partial charge in [0.1, 0.15) is 0 Å². The molecule has 0 radical (unpaired) electrons. The van der Waals surface area contributed by atoms with Crippen molar-refractivity contribution < 1.29 is 4.74 Å². The zero-order valence-electron chi connectivity index (χ0n) is 10.7. The number of hydrogen-bond acceptors (Lipinski definition) is 3. The molecule has 94 valence electrons. The highest BCUT2D eigenvalue weighted by Gasteiger charge is 2.15. The Hall–Kier alpha value is -0.510. The number of thioether (sulfide) groups is 1. The van der Waals surface area contributed by atoms with Crippen molar-refractivity contribution in [1.29, 1.82) is 0 Å². The van der Waals surface area contributed by atoms with Crippen molar-refractivity contribution in [2.45, 2.75) is 37.3 Å². The average Bonchev–Trinajstić information content (AvgIpc) is 2.81. The van der Waals surface area contributed by atoms with E-state index in [4.69, 9.17) is 4.74 Å². The first-order chi connectivity index (χ1) is 8.29. The van der Waals surface area contributed by atoms with E-state index in [-0.39, 0.29) is 0 Å². The molecule has 0 amide bonds. The predicted octanol–water partition coefficient (Wildman–Crippen LogP) is 2.99. The van der Waals surface area contributed by atoms with Crippen LogP contribution < -0.4 is 5.32 Å². The first-order valence-corrected chi connectivity index (χ1v) is 7.26. The second-order valence-electron chi connectivity index (χ2n) is 4.58. The summed E-state index contributed by atoms with van der Waals surface area (Å²) in [5.74, 6) is 1.09. The highest BCUT2D eigenvalue weighted by Crippen LogP contribution is 2.27. The van der Waals surface area contributed by atoms with Gasteiger partial charge in [0.05, 0.1) is 6.10 Å². The summed E-state index contributed by atoms with van der Waals surface area (Å²) in [4.78, 5) is 1.39. The molecule has 3 heteroatoms. The molecule has 0 bridgehead atoms. The van der Waals surface area contributed by atoms with E-state index in [1.807, 2.05) is 18.8 Å². The van der Waals surface area contributed by atoms with Crippen LogP contribution >= 0.6 is 11.8 Å². The summed E-state index contributed by atoms with van der Waals surface area (Å²) >= 11 is 1.93. The zero-order valence-corrected chi connectivity index (χ0v) is 11.5. The van der Waals surface area contributed by atoms with Gasteiger partial charge in [-0.15, -0.1) is 11.8 Å². The Morgan fingerprint density at radius 1 is 1.47 bits per heavy atom. The van der Waals surface area contributed by atoms with Gasteiger partial charge in [-0.05, 0) is 44.0 Å². The number of benzene rings is 1. The molecule has 1 saturated heterocycles. The summed E-state index contributed by atoms with van der Waals surface area (Å²) < 4.78 is 5.65. The lowest BCUT2D eigenvalue weighted by molar-refractivity contribution is 0.129. The average molecular weight is 251 g/mol. The lowest BCUT2D eigenvalue weighted by Crippen LogP contribution is -2.08. The monoisotopic (exact) mass is 251 g/mol. The van der Waals surface area contributed by atoms with Gasteiger partial charge in [0, 0.05) is 23.8 Å². The fraction of sp³-hybridized carbons (Fsp3) is 0.571. The maximum absolute atomic E-state index is 5.65. The molecule has 17 heavy (non-hydrogen) atoms. The van der Waals surface area contributed by atoms with E-state index in [0.717, 1.165) is 18.9 Å². The minimum absolute atomic E-state index is 0.469. The Balaban J connectivity index is 1.91. The SMILES string of the molecule is CNCc1ccc(SCC2CCCO2)c(C)c1. The van der Waals surface area contributed by atoms with Crippen LogP contribution in [0.25, 0.3) is 0 Å². The largest absolute Gasteiger partial charge is 0.377 e. The van der Waals surface area contributed by atoms with E-state index in [2.05, 4.69) is 30.4 Å². The predicted molar refractivity (Wildman–Crippen MR) is 73.6 cm³/mol. The second-order valence-corrected chi connectivity index (χ2v) is 5.64. The molecule has 1 fully saturated rings. The highest BCUT2D eigenvalue weighted by atomic mass is 32.2. The number of hydrogen-bond donors (Lipinski definition) is 1. The summed E-state index contributed by atoms with van der Waals surface area (Å²) in [6, 6.07) is 6.72. The maximum atomic E-state index is 5.65. The fourth-order valence-electron chi connectivity index (χ4n) is 2.15. The molecule has 0 saturated carbocycles. The lowest BCUT2D eigenvalue weighted by atomic mass is 10.1. The molecule has 1 aromatic rings. The quantitative estimate of drug-likeness (QED) is 0.813. The molecule has 1 N–H and O–H groups in total. The summed E-state index contributed by atoms with van der Waals surface area (Å²) in [7, 11) is 1.98. The van der Waals surface area contributed by atoms with Gasteiger partial charge >= 0.3 is 0 Å². The number of nitrogens with one attached hydrogen (secondary N) is 1. The van der Waals surface area contributed by atoms with E-state index in [1.165, 1.54) is 28.9 Å². The summed E-state index contributed by atoms with van der Waals surface area (Å²) in [6.45, 7) is 4.08. The summed E-state index contributed by atoms with van der Waals surface area (Å²) in [5.41, 5.74) is 2.73. The van der Waals surface area contributed by atoms with Gasteiger partial charge in [-0.3, -0.25) is 0 Å². The molecule has 1 heterocycles. The van der Waals surface area contributed by atoms with Crippen molar-refractivity contribution in [2.75, 3.05) is 19.4 Å². The van der Waals surface area contributed by atoms with E-state index >= 15 is 0 Å². The Morgan fingerprint density at radius 2 is 2.35 bits per heavy atom. The summed E-state index contributed by atoms with van der Waals surface area (Å²) in [6.07, 6.45) is 2.92. The molecule has 0 aromatic heterocycles. The molecule has 2 nitrogen and oxygen atoms in total. The van der Waals surface area contributed by atoms with Crippen molar-refractivity contribution in [2.24, 2.45) is 0 Å². The third-order valence-corrected chi connectivity index (χ3v) is 4.38. The zero-order chi connectivity index (χ0) is 12.1. The van der Waals surface area contributed by atoms with E-state index in [9.17, 15) is 0 Å². The van der Waals surface area contributed by atoms with Crippen molar-refractivity contribution in [3.05, 3.63) is 29.3 Å².